The first-order valence-corrected chi connectivity index (χ1v) is 11.7. The van der Waals surface area contributed by atoms with Gasteiger partial charge in [0.05, 0.1) is 31.7 Å². The molecule has 8 heteroatoms. The Hall–Kier alpha value is -2.74. The van der Waals surface area contributed by atoms with Crippen molar-refractivity contribution in [2.24, 2.45) is 0 Å². The first-order valence-electron chi connectivity index (χ1n) is 9.89. The quantitative estimate of drug-likeness (QED) is 0.585. The van der Waals surface area contributed by atoms with Gasteiger partial charge in [-0.1, -0.05) is 24.3 Å². The van der Waals surface area contributed by atoms with Crippen molar-refractivity contribution in [1.29, 1.82) is 0 Å². The van der Waals surface area contributed by atoms with E-state index in [1.165, 1.54) is 4.31 Å². The molecule has 0 heterocycles. The summed E-state index contributed by atoms with van der Waals surface area (Å²) in [6.07, 6.45) is 1.75. The highest BCUT2D eigenvalue weighted by molar-refractivity contribution is 7.92. The normalized spacial score (nSPS) is 12.1. The van der Waals surface area contributed by atoms with Gasteiger partial charge in [0.25, 0.3) is 0 Å². The van der Waals surface area contributed by atoms with E-state index in [1.807, 2.05) is 38.1 Å². The molecule has 0 fully saturated rings. The van der Waals surface area contributed by atoms with Gasteiger partial charge in [-0.2, -0.15) is 0 Å². The summed E-state index contributed by atoms with van der Waals surface area (Å²) >= 11 is 0. The van der Waals surface area contributed by atoms with Crippen molar-refractivity contribution in [3.8, 4) is 11.5 Å². The molecule has 0 bridgehead atoms. The van der Waals surface area contributed by atoms with Crippen molar-refractivity contribution < 1.29 is 22.7 Å². The Bertz CT molecular complexity index is 929. The lowest BCUT2D eigenvalue weighted by Gasteiger charge is -2.24. The molecule has 1 N–H and O–H groups in total. The molecule has 7 nitrogen and oxygen atoms in total. The van der Waals surface area contributed by atoms with Crippen molar-refractivity contribution in [3.05, 3.63) is 54.1 Å². The van der Waals surface area contributed by atoms with Crippen LogP contribution in [0.25, 0.3) is 0 Å². The van der Waals surface area contributed by atoms with Crippen molar-refractivity contribution in [2.75, 3.05) is 30.8 Å². The highest BCUT2D eigenvalue weighted by atomic mass is 32.2. The number of methoxy groups -OCH3 is 1. The van der Waals surface area contributed by atoms with Crippen LogP contribution in [0.2, 0.25) is 0 Å². The number of carbonyl (C=O) groups is 1. The van der Waals surface area contributed by atoms with Crippen LogP contribution in [0.3, 0.4) is 0 Å². The zero-order valence-corrected chi connectivity index (χ0v) is 18.7. The zero-order chi connectivity index (χ0) is 22.1. The average molecular weight is 435 g/mol. The highest BCUT2D eigenvalue weighted by Crippen LogP contribution is 2.30. The summed E-state index contributed by atoms with van der Waals surface area (Å²) in [5, 5.41) is 2.95. The molecule has 0 unspecified atom stereocenters. The van der Waals surface area contributed by atoms with Crippen molar-refractivity contribution in [3.63, 3.8) is 0 Å². The van der Waals surface area contributed by atoms with Crippen LogP contribution in [-0.4, -0.2) is 40.8 Å². The van der Waals surface area contributed by atoms with E-state index >= 15 is 0 Å². The maximum Gasteiger partial charge on any atom is 0.232 e. The van der Waals surface area contributed by atoms with Crippen molar-refractivity contribution in [1.82, 2.24) is 5.32 Å². The standard InChI is InChI=1S/C22H30N2O5S/c1-5-29-21-10-7-6-9-20(21)24(30(4,26)27)16-8-11-22(25)23-17(2)18-12-14-19(28-3)15-13-18/h6-7,9-10,12-15,17H,5,8,11,16H2,1-4H3,(H,23,25)/t17-/m1/s1. The van der Waals surface area contributed by atoms with Gasteiger partial charge in [0, 0.05) is 13.0 Å². The van der Waals surface area contributed by atoms with Gasteiger partial charge in [0.2, 0.25) is 15.9 Å². The molecule has 1 atom stereocenters. The van der Waals surface area contributed by atoms with Crippen LogP contribution in [-0.2, 0) is 14.8 Å². The average Bonchev–Trinajstić information content (AvgIpc) is 2.71. The molecule has 0 aliphatic rings. The Labute approximate surface area is 179 Å². The smallest absolute Gasteiger partial charge is 0.232 e. The van der Waals surface area contributed by atoms with Crippen LogP contribution in [0.4, 0.5) is 5.69 Å². The van der Waals surface area contributed by atoms with Crippen LogP contribution in [0, 0.1) is 0 Å². The molecular formula is C22H30N2O5S. The van der Waals surface area contributed by atoms with E-state index in [4.69, 9.17) is 9.47 Å². The summed E-state index contributed by atoms with van der Waals surface area (Å²) in [6, 6.07) is 14.3. The largest absolute Gasteiger partial charge is 0.497 e. The monoisotopic (exact) mass is 434 g/mol. The number of nitrogens with zero attached hydrogens (tertiary/aromatic N) is 1. The molecule has 164 valence electrons. The van der Waals surface area contributed by atoms with Gasteiger partial charge in [0.1, 0.15) is 11.5 Å². The second-order valence-corrected chi connectivity index (χ2v) is 8.81. The fourth-order valence-corrected chi connectivity index (χ4v) is 4.05. The first-order chi connectivity index (χ1) is 14.3. The molecule has 0 radical (unpaired) electrons. The maximum absolute atomic E-state index is 12.4. The molecule has 2 aromatic rings. The lowest BCUT2D eigenvalue weighted by atomic mass is 10.1. The molecule has 0 saturated carbocycles. The van der Waals surface area contributed by atoms with Gasteiger partial charge >= 0.3 is 0 Å². The minimum atomic E-state index is -3.52. The summed E-state index contributed by atoms with van der Waals surface area (Å²) in [5.74, 6) is 1.12. The van der Waals surface area contributed by atoms with Crippen LogP contribution in [0.15, 0.2) is 48.5 Å². The predicted octanol–water partition coefficient (Wildman–Crippen LogP) is 3.52. The van der Waals surface area contributed by atoms with Gasteiger partial charge in [0.15, 0.2) is 0 Å². The summed E-state index contributed by atoms with van der Waals surface area (Å²) in [5.41, 5.74) is 1.45. The van der Waals surface area contributed by atoms with Gasteiger partial charge < -0.3 is 14.8 Å². The number of sulfonamides is 1. The molecule has 1 amide bonds. The first kappa shape index (κ1) is 23.5. The lowest BCUT2D eigenvalue weighted by molar-refractivity contribution is -0.121. The molecule has 0 spiro atoms. The fourth-order valence-electron chi connectivity index (χ4n) is 3.08. The minimum absolute atomic E-state index is 0.134. The van der Waals surface area contributed by atoms with E-state index in [0.717, 1.165) is 17.6 Å². The summed E-state index contributed by atoms with van der Waals surface area (Å²) in [4.78, 5) is 12.4. The van der Waals surface area contributed by atoms with E-state index in [2.05, 4.69) is 5.32 Å². The number of hydrogen-bond acceptors (Lipinski definition) is 5. The Morgan fingerprint density at radius 3 is 2.40 bits per heavy atom. The number of ether oxygens (including phenoxy) is 2. The molecular weight excluding hydrogens is 404 g/mol. The second kappa shape index (κ2) is 10.9. The van der Waals surface area contributed by atoms with E-state index in [9.17, 15) is 13.2 Å². The number of hydrogen-bond donors (Lipinski definition) is 1. The van der Waals surface area contributed by atoms with E-state index in [-0.39, 0.29) is 24.9 Å². The molecule has 0 saturated heterocycles. The topological polar surface area (TPSA) is 84.9 Å². The SMILES string of the molecule is CCOc1ccccc1N(CCCC(=O)N[C@H](C)c1ccc(OC)cc1)S(C)(=O)=O. The highest BCUT2D eigenvalue weighted by Gasteiger charge is 2.21. The fraction of sp³-hybridized carbons (Fsp3) is 0.409. The number of anilines is 1. The maximum atomic E-state index is 12.4. The van der Waals surface area contributed by atoms with Gasteiger partial charge in [-0.3, -0.25) is 9.10 Å². The van der Waals surface area contributed by atoms with E-state index < -0.39 is 10.0 Å². The van der Waals surface area contributed by atoms with Crippen LogP contribution in [0.5, 0.6) is 11.5 Å². The Morgan fingerprint density at radius 2 is 1.80 bits per heavy atom. The zero-order valence-electron chi connectivity index (χ0n) is 17.9. The predicted molar refractivity (Wildman–Crippen MR) is 119 cm³/mol. The number of benzene rings is 2. The molecule has 0 aliphatic heterocycles. The summed E-state index contributed by atoms with van der Waals surface area (Å²) in [6.45, 7) is 4.37. The summed E-state index contributed by atoms with van der Waals surface area (Å²) in [7, 11) is -1.92. The second-order valence-electron chi connectivity index (χ2n) is 6.90. The van der Waals surface area contributed by atoms with E-state index in [1.54, 1.807) is 31.4 Å². The molecule has 30 heavy (non-hydrogen) atoms. The number of amides is 1. The Kier molecular flexibility index (Phi) is 8.53. The third-order valence-electron chi connectivity index (χ3n) is 4.59. The lowest BCUT2D eigenvalue weighted by Crippen LogP contribution is -2.33. The van der Waals surface area contributed by atoms with Crippen molar-refractivity contribution >= 4 is 21.6 Å². The minimum Gasteiger partial charge on any atom is -0.497 e. The van der Waals surface area contributed by atoms with Gasteiger partial charge in [-0.15, -0.1) is 0 Å². The third kappa shape index (κ3) is 6.66. The molecule has 2 rings (SSSR count). The van der Waals surface area contributed by atoms with Crippen LogP contribution < -0.4 is 19.1 Å². The van der Waals surface area contributed by atoms with Gasteiger partial charge in [-0.05, 0) is 50.1 Å². The number of para-hydroxylation sites is 2. The Balaban J connectivity index is 1.97. The number of rotatable bonds is 11. The number of carbonyl (C=O) groups excluding carboxylic acids is 1. The van der Waals surface area contributed by atoms with Crippen molar-refractivity contribution in [2.45, 2.75) is 32.7 Å². The molecule has 0 aliphatic carbocycles. The Morgan fingerprint density at radius 1 is 1.13 bits per heavy atom. The van der Waals surface area contributed by atoms with Gasteiger partial charge in [-0.25, -0.2) is 8.42 Å². The third-order valence-corrected chi connectivity index (χ3v) is 5.77. The summed E-state index contributed by atoms with van der Waals surface area (Å²) < 4.78 is 36.7. The molecule has 0 aromatic heterocycles. The van der Waals surface area contributed by atoms with Crippen LogP contribution in [0.1, 0.15) is 38.3 Å². The van der Waals surface area contributed by atoms with E-state index in [0.29, 0.717) is 24.5 Å². The number of nitrogens with one attached hydrogen (secondary N) is 1. The van der Waals surface area contributed by atoms with Crippen LogP contribution >= 0.6 is 0 Å². The molecule has 2 aromatic carbocycles.